The van der Waals surface area contributed by atoms with E-state index in [1.54, 1.807) is 30.1 Å². The third kappa shape index (κ3) is 6.02. The van der Waals surface area contributed by atoms with Crippen LogP contribution in [0.4, 0.5) is 16.2 Å². The molecule has 1 aliphatic heterocycles. The first-order valence-corrected chi connectivity index (χ1v) is 14.6. The molecule has 9 heteroatoms. The average molecular weight is 583 g/mol. The highest BCUT2D eigenvalue weighted by Crippen LogP contribution is 2.45. The van der Waals surface area contributed by atoms with Gasteiger partial charge in [-0.1, -0.05) is 37.6 Å². The zero-order valence-corrected chi connectivity index (χ0v) is 25.1. The molecule has 3 aromatic carbocycles. The molecule has 224 valence electrons. The first kappa shape index (κ1) is 29.6. The van der Waals surface area contributed by atoms with Gasteiger partial charge >= 0.3 is 6.03 Å². The number of anilines is 2. The Balaban J connectivity index is 1.54. The van der Waals surface area contributed by atoms with Crippen molar-refractivity contribution in [2.75, 3.05) is 44.1 Å². The van der Waals surface area contributed by atoms with Crippen molar-refractivity contribution < 1.29 is 23.8 Å². The van der Waals surface area contributed by atoms with Crippen LogP contribution in [-0.4, -0.2) is 55.3 Å². The molecule has 0 saturated heterocycles. The Morgan fingerprint density at radius 3 is 2.40 bits per heavy atom. The van der Waals surface area contributed by atoms with E-state index in [4.69, 9.17) is 14.2 Å². The van der Waals surface area contributed by atoms with E-state index in [-0.39, 0.29) is 18.5 Å². The normalized spacial score (nSPS) is 13.5. The monoisotopic (exact) mass is 582 g/mol. The summed E-state index contributed by atoms with van der Waals surface area (Å²) in [5, 5.41) is 2.97. The Morgan fingerprint density at radius 1 is 0.884 bits per heavy atom. The van der Waals surface area contributed by atoms with Gasteiger partial charge in [-0.05, 0) is 67.9 Å². The molecule has 1 unspecified atom stereocenters. The predicted octanol–water partition coefficient (Wildman–Crippen LogP) is 6.66. The molecule has 0 radical (unpaired) electrons. The van der Waals surface area contributed by atoms with Gasteiger partial charge in [0.1, 0.15) is 29.8 Å². The lowest BCUT2D eigenvalue weighted by molar-refractivity contribution is -0.119. The number of para-hydroxylation sites is 4. The van der Waals surface area contributed by atoms with Gasteiger partial charge in [-0.2, -0.15) is 0 Å². The van der Waals surface area contributed by atoms with Crippen molar-refractivity contribution in [1.82, 2.24) is 9.47 Å². The number of methoxy groups -OCH3 is 2. The molecule has 3 amide bonds. The van der Waals surface area contributed by atoms with Crippen molar-refractivity contribution in [3.63, 3.8) is 0 Å². The van der Waals surface area contributed by atoms with Crippen LogP contribution in [0.3, 0.4) is 0 Å². The number of nitrogens with zero attached hydrogens (tertiary/aromatic N) is 3. The van der Waals surface area contributed by atoms with E-state index in [0.29, 0.717) is 36.1 Å². The van der Waals surface area contributed by atoms with Gasteiger partial charge in [0.15, 0.2) is 0 Å². The van der Waals surface area contributed by atoms with Crippen molar-refractivity contribution in [1.29, 1.82) is 0 Å². The topological polar surface area (TPSA) is 85.3 Å². The second-order valence-corrected chi connectivity index (χ2v) is 10.2. The summed E-state index contributed by atoms with van der Waals surface area (Å²) in [6.07, 6.45) is 3.62. The largest absolute Gasteiger partial charge is 0.497 e. The third-order valence-corrected chi connectivity index (χ3v) is 7.54. The maximum atomic E-state index is 14.5. The summed E-state index contributed by atoms with van der Waals surface area (Å²) in [6, 6.07) is 23.8. The number of unbranched alkanes of at least 4 members (excludes halogenated alkanes) is 1. The number of fused-ring (bicyclic) bond motifs is 3. The SMILES string of the molecule is CCCCN(CC(=O)N1c2ccccc2-n2cccc2C1c1cc(OC)ccc1OC)C(=O)Nc1ccccc1OCC. The second kappa shape index (κ2) is 13.4. The molecule has 0 bridgehead atoms. The molecule has 5 rings (SSSR count). The van der Waals surface area contributed by atoms with E-state index in [0.717, 1.165) is 35.5 Å². The van der Waals surface area contributed by atoms with Gasteiger partial charge in [-0.25, -0.2) is 4.79 Å². The van der Waals surface area contributed by atoms with Crippen LogP contribution in [0.25, 0.3) is 5.69 Å². The molecular formula is C34H38N4O5. The average Bonchev–Trinajstić information content (AvgIpc) is 3.53. The van der Waals surface area contributed by atoms with Crippen LogP contribution in [0, 0.1) is 0 Å². The molecule has 0 saturated carbocycles. The molecule has 4 aromatic rings. The fourth-order valence-electron chi connectivity index (χ4n) is 5.50. The molecule has 1 N–H and O–H groups in total. The fourth-order valence-corrected chi connectivity index (χ4v) is 5.50. The van der Waals surface area contributed by atoms with E-state index in [9.17, 15) is 9.59 Å². The summed E-state index contributed by atoms with van der Waals surface area (Å²) in [4.78, 5) is 31.6. The Kier molecular flexibility index (Phi) is 9.20. The Hall–Kier alpha value is -4.92. The number of amides is 3. The van der Waals surface area contributed by atoms with Crippen LogP contribution >= 0.6 is 0 Å². The summed E-state index contributed by atoms with van der Waals surface area (Å²) in [7, 11) is 3.23. The zero-order valence-electron chi connectivity index (χ0n) is 25.1. The summed E-state index contributed by atoms with van der Waals surface area (Å²) in [6.45, 7) is 4.72. The molecule has 9 nitrogen and oxygen atoms in total. The molecular weight excluding hydrogens is 544 g/mol. The van der Waals surface area contributed by atoms with E-state index < -0.39 is 6.04 Å². The van der Waals surface area contributed by atoms with Crippen LogP contribution in [0.15, 0.2) is 85.1 Å². The van der Waals surface area contributed by atoms with Crippen molar-refractivity contribution in [2.45, 2.75) is 32.7 Å². The van der Waals surface area contributed by atoms with Gasteiger partial charge in [0.05, 0.1) is 43.6 Å². The summed E-state index contributed by atoms with van der Waals surface area (Å²) in [5.41, 5.74) is 3.85. The number of rotatable bonds is 11. The highest BCUT2D eigenvalue weighted by Gasteiger charge is 2.38. The number of urea groups is 1. The van der Waals surface area contributed by atoms with E-state index in [1.165, 1.54) is 0 Å². The molecule has 0 fully saturated rings. The van der Waals surface area contributed by atoms with Crippen LogP contribution in [0.2, 0.25) is 0 Å². The minimum absolute atomic E-state index is 0.125. The summed E-state index contributed by atoms with van der Waals surface area (Å²) < 4.78 is 19.2. The van der Waals surface area contributed by atoms with Gasteiger partial charge in [0.2, 0.25) is 5.91 Å². The standard InChI is InChI=1S/C34H38N4O5/c1-5-7-20-36(34(40)35-26-13-8-11-17-31(26)43-6-2)23-32(39)38-28-15-10-9-14-27(28)37-21-12-16-29(37)33(38)25-22-24(41-3)18-19-30(25)42-4/h8-19,21-22,33H,5-7,20,23H2,1-4H3,(H,35,40). The Labute approximate surface area is 252 Å². The van der Waals surface area contributed by atoms with Crippen LogP contribution < -0.4 is 24.4 Å². The minimum atomic E-state index is -0.530. The van der Waals surface area contributed by atoms with E-state index in [1.807, 2.05) is 85.9 Å². The molecule has 2 heterocycles. The van der Waals surface area contributed by atoms with E-state index >= 15 is 0 Å². The van der Waals surface area contributed by atoms with E-state index in [2.05, 4.69) is 16.8 Å². The second-order valence-electron chi connectivity index (χ2n) is 10.2. The van der Waals surface area contributed by atoms with Crippen molar-refractivity contribution >= 4 is 23.3 Å². The molecule has 1 aliphatic rings. The highest BCUT2D eigenvalue weighted by molar-refractivity contribution is 6.01. The van der Waals surface area contributed by atoms with Gasteiger partial charge in [0.25, 0.3) is 0 Å². The number of benzene rings is 3. The maximum Gasteiger partial charge on any atom is 0.322 e. The predicted molar refractivity (Wildman–Crippen MR) is 168 cm³/mol. The van der Waals surface area contributed by atoms with Crippen LogP contribution in [0.1, 0.15) is 44.0 Å². The van der Waals surface area contributed by atoms with Gasteiger partial charge < -0.3 is 29.0 Å². The quantitative estimate of drug-likeness (QED) is 0.214. The Bertz CT molecular complexity index is 1580. The lowest BCUT2D eigenvalue weighted by Gasteiger charge is -2.40. The van der Waals surface area contributed by atoms with Crippen molar-refractivity contribution in [3.8, 4) is 22.9 Å². The smallest absolute Gasteiger partial charge is 0.322 e. The number of ether oxygens (including phenoxy) is 3. The van der Waals surface area contributed by atoms with Crippen LogP contribution in [-0.2, 0) is 4.79 Å². The minimum Gasteiger partial charge on any atom is -0.497 e. The number of nitrogens with one attached hydrogen (secondary N) is 1. The molecule has 0 aliphatic carbocycles. The molecule has 1 atom stereocenters. The lowest BCUT2D eigenvalue weighted by Crippen LogP contribution is -2.48. The van der Waals surface area contributed by atoms with Crippen molar-refractivity contribution in [2.24, 2.45) is 0 Å². The Morgan fingerprint density at radius 2 is 1.65 bits per heavy atom. The number of carbonyl (C=O) groups excluding carboxylic acids is 2. The zero-order chi connectivity index (χ0) is 30.3. The summed E-state index contributed by atoms with van der Waals surface area (Å²) >= 11 is 0. The molecule has 43 heavy (non-hydrogen) atoms. The van der Waals surface area contributed by atoms with Crippen LogP contribution in [0.5, 0.6) is 17.2 Å². The van der Waals surface area contributed by atoms with Crippen molar-refractivity contribution in [3.05, 3.63) is 96.3 Å². The first-order valence-electron chi connectivity index (χ1n) is 14.6. The van der Waals surface area contributed by atoms with Gasteiger partial charge in [-0.3, -0.25) is 9.69 Å². The summed E-state index contributed by atoms with van der Waals surface area (Å²) in [5.74, 6) is 1.64. The highest BCUT2D eigenvalue weighted by atomic mass is 16.5. The maximum absolute atomic E-state index is 14.5. The number of hydrogen-bond acceptors (Lipinski definition) is 5. The van der Waals surface area contributed by atoms with Gasteiger partial charge in [0, 0.05) is 18.3 Å². The van der Waals surface area contributed by atoms with Gasteiger partial charge in [-0.15, -0.1) is 0 Å². The number of carbonyl (C=O) groups is 2. The lowest BCUT2D eigenvalue weighted by atomic mass is 9.96. The number of aromatic nitrogens is 1. The number of hydrogen-bond donors (Lipinski definition) is 1. The third-order valence-electron chi connectivity index (χ3n) is 7.54. The molecule has 0 spiro atoms. The fraction of sp³-hybridized carbons (Fsp3) is 0.294. The molecule has 1 aromatic heterocycles. The first-order chi connectivity index (χ1) is 21.0.